The van der Waals surface area contributed by atoms with E-state index in [4.69, 9.17) is 14.3 Å². The summed E-state index contributed by atoms with van der Waals surface area (Å²) in [5.41, 5.74) is 0.693. The summed E-state index contributed by atoms with van der Waals surface area (Å²) < 4.78 is 11.1. The van der Waals surface area contributed by atoms with E-state index in [-0.39, 0.29) is 18.8 Å². The minimum atomic E-state index is -1.00. The highest BCUT2D eigenvalue weighted by Crippen LogP contribution is 2.22. The quantitative estimate of drug-likeness (QED) is 0.768. The molecule has 122 valence electrons. The number of amides is 1. The number of aliphatic carboxylic acids is 1. The van der Waals surface area contributed by atoms with Gasteiger partial charge in [-0.2, -0.15) is 0 Å². The van der Waals surface area contributed by atoms with Gasteiger partial charge in [-0.1, -0.05) is 28.1 Å². The minimum absolute atomic E-state index is 0.113. The fraction of sp³-hybridized carbons (Fsp3) is 0.250. The summed E-state index contributed by atoms with van der Waals surface area (Å²) in [5.74, 6) is -0.842. The smallest absolute Gasteiger partial charge is 0.305 e. The average Bonchev–Trinajstić information content (AvgIpc) is 2.95. The zero-order chi connectivity index (χ0) is 16.8. The van der Waals surface area contributed by atoms with Crippen molar-refractivity contribution < 1.29 is 23.8 Å². The zero-order valence-electron chi connectivity index (χ0n) is 12.4. The van der Waals surface area contributed by atoms with Crippen molar-refractivity contribution in [2.75, 3.05) is 7.11 Å². The molecule has 0 aliphatic carbocycles. The molecule has 1 atom stereocenters. The van der Waals surface area contributed by atoms with Gasteiger partial charge in [0, 0.05) is 11.6 Å². The van der Waals surface area contributed by atoms with Crippen molar-refractivity contribution in [3.8, 4) is 0 Å². The number of carboxylic acid groups (broad SMARTS) is 1. The first-order chi connectivity index (χ1) is 11.0. The highest BCUT2D eigenvalue weighted by Gasteiger charge is 2.21. The summed E-state index contributed by atoms with van der Waals surface area (Å²) >= 11 is 3.34. The first-order valence-corrected chi connectivity index (χ1v) is 7.64. The van der Waals surface area contributed by atoms with Gasteiger partial charge in [0.1, 0.15) is 12.4 Å². The SMILES string of the molecule is COCc1ccc(C(=O)NC(CC(=O)O)c2cccc(Br)c2)o1. The highest BCUT2D eigenvalue weighted by molar-refractivity contribution is 9.10. The Morgan fingerprint density at radius 1 is 1.35 bits per heavy atom. The maximum atomic E-state index is 12.3. The van der Waals surface area contributed by atoms with Crippen molar-refractivity contribution >= 4 is 27.8 Å². The fourth-order valence-electron chi connectivity index (χ4n) is 2.10. The van der Waals surface area contributed by atoms with E-state index in [0.717, 1.165) is 4.47 Å². The van der Waals surface area contributed by atoms with Crippen LogP contribution in [0, 0.1) is 0 Å². The third-order valence-corrected chi connectivity index (χ3v) is 3.60. The second-order valence-corrected chi connectivity index (χ2v) is 5.79. The van der Waals surface area contributed by atoms with Crippen LogP contribution in [0.4, 0.5) is 0 Å². The number of carbonyl (C=O) groups is 2. The molecule has 1 amide bonds. The molecular formula is C16H16BrNO5. The molecule has 2 N–H and O–H groups in total. The topological polar surface area (TPSA) is 88.8 Å². The van der Waals surface area contributed by atoms with Gasteiger partial charge in [0.05, 0.1) is 12.5 Å². The van der Waals surface area contributed by atoms with E-state index in [2.05, 4.69) is 21.2 Å². The van der Waals surface area contributed by atoms with Gasteiger partial charge in [-0.25, -0.2) is 0 Å². The molecule has 1 unspecified atom stereocenters. The lowest BCUT2D eigenvalue weighted by molar-refractivity contribution is -0.137. The van der Waals surface area contributed by atoms with Crippen molar-refractivity contribution in [1.29, 1.82) is 0 Å². The van der Waals surface area contributed by atoms with E-state index in [1.165, 1.54) is 13.2 Å². The number of rotatable bonds is 7. The van der Waals surface area contributed by atoms with Crippen LogP contribution < -0.4 is 5.32 Å². The maximum Gasteiger partial charge on any atom is 0.305 e. The Morgan fingerprint density at radius 3 is 2.78 bits per heavy atom. The van der Waals surface area contributed by atoms with Crippen LogP contribution in [0.3, 0.4) is 0 Å². The summed E-state index contributed by atoms with van der Waals surface area (Å²) in [6, 6.07) is 9.65. The van der Waals surface area contributed by atoms with Gasteiger partial charge in [0.25, 0.3) is 5.91 Å². The normalized spacial score (nSPS) is 11.9. The number of furan rings is 1. The van der Waals surface area contributed by atoms with E-state index in [0.29, 0.717) is 11.3 Å². The molecule has 6 nitrogen and oxygen atoms in total. The average molecular weight is 382 g/mol. The van der Waals surface area contributed by atoms with Crippen molar-refractivity contribution in [2.24, 2.45) is 0 Å². The van der Waals surface area contributed by atoms with Crippen LogP contribution in [0.25, 0.3) is 0 Å². The Morgan fingerprint density at radius 2 is 2.13 bits per heavy atom. The molecule has 7 heteroatoms. The second-order valence-electron chi connectivity index (χ2n) is 4.88. The first-order valence-electron chi connectivity index (χ1n) is 6.85. The zero-order valence-corrected chi connectivity index (χ0v) is 14.0. The predicted molar refractivity (Wildman–Crippen MR) is 86.0 cm³/mol. The van der Waals surface area contributed by atoms with E-state index < -0.39 is 17.9 Å². The van der Waals surface area contributed by atoms with Crippen LogP contribution in [0.5, 0.6) is 0 Å². The van der Waals surface area contributed by atoms with Crippen LogP contribution in [-0.2, 0) is 16.1 Å². The van der Waals surface area contributed by atoms with Gasteiger partial charge in [-0.15, -0.1) is 0 Å². The van der Waals surface area contributed by atoms with Crippen LogP contribution in [-0.4, -0.2) is 24.1 Å². The Bertz CT molecular complexity index is 697. The van der Waals surface area contributed by atoms with Crippen molar-refractivity contribution in [3.63, 3.8) is 0 Å². The minimum Gasteiger partial charge on any atom is -0.481 e. The number of ether oxygens (including phenoxy) is 1. The number of nitrogens with one attached hydrogen (secondary N) is 1. The predicted octanol–water partition coefficient (Wildman–Crippen LogP) is 3.13. The van der Waals surface area contributed by atoms with Gasteiger partial charge in [0.2, 0.25) is 0 Å². The van der Waals surface area contributed by atoms with E-state index in [1.54, 1.807) is 24.3 Å². The lowest BCUT2D eigenvalue weighted by Crippen LogP contribution is -2.30. The van der Waals surface area contributed by atoms with E-state index in [9.17, 15) is 9.59 Å². The van der Waals surface area contributed by atoms with Gasteiger partial charge >= 0.3 is 5.97 Å². The Balaban J connectivity index is 2.16. The van der Waals surface area contributed by atoms with Crippen LogP contribution in [0.2, 0.25) is 0 Å². The summed E-state index contributed by atoms with van der Waals surface area (Å²) in [6.07, 6.45) is -0.228. The summed E-state index contributed by atoms with van der Waals surface area (Å²) in [4.78, 5) is 23.3. The molecule has 1 heterocycles. The fourth-order valence-corrected chi connectivity index (χ4v) is 2.52. The number of hydrogen-bond acceptors (Lipinski definition) is 4. The number of halogens is 1. The molecule has 1 aromatic carbocycles. The Labute approximate surface area is 141 Å². The van der Waals surface area contributed by atoms with Crippen molar-refractivity contribution in [1.82, 2.24) is 5.32 Å². The molecule has 0 fully saturated rings. The molecule has 23 heavy (non-hydrogen) atoms. The molecule has 0 aliphatic heterocycles. The van der Waals surface area contributed by atoms with Gasteiger partial charge < -0.3 is 19.6 Å². The molecule has 0 saturated carbocycles. The second kappa shape index (κ2) is 7.94. The highest BCUT2D eigenvalue weighted by atomic mass is 79.9. The maximum absolute atomic E-state index is 12.3. The molecule has 2 aromatic rings. The molecule has 0 spiro atoms. The Kier molecular flexibility index (Phi) is 5.95. The Hall–Kier alpha value is -2.12. The molecular weight excluding hydrogens is 366 g/mol. The molecule has 1 aromatic heterocycles. The number of benzene rings is 1. The number of carbonyl (C=O) groups excluding carboxylic acids is 1. The lowest BCUT2D eigenvalue weighted by atomic mass is 10.0. The number of carboxylic acids is 1. The number of hydrogen-bond donors (Lipinski definition) is 2. The van der Waals surface area contributed by atoms with Crippen LogP contribution >= 0.6 is 15.9 Å². The van der Waals surface area contributed by atoms with Gasteiger partial charge in [0.15, 0.2) is 5.76 Å². The molecule has 0 radical (unpaired) electrons. The molecule has 2 rings (SSSR count). The summed E-state index contributed by atoms with van der Waals surface area (Å²) in [7, 11) is 1.53. The van der Waals surface area contributed by atoms with Crippen molar-refractivity contribution in [2.45, 2.75) is 19.1 Å². The summed E-state index contributed by atoms with van der Waals surface area (Å²) in [5, 5.41) is 11.8. The summed E-state index contributed by atoms with van der Waals surface area (Å²) in [6.45, 7) is 0.261. The van der Waals surface area contributed by atoms with E-state index >= 15 is 0 Å². The third kappa shape index (κ3) is 4.94. The molecule has 0 aliphatic rings. The van der Waals surface area contributed by atoms with Crippen LogP contribution in [0.15, 0.2) is 45.3 Å². The van der Waals surface area contributed by atoms with Crippen LogP contribution in [0.1, 0.15) is 34.3 Å². The first kappa shape index (κ1) is 17.2. The lowest BCUT2D eigenvalue weighted by Gasteiger charge is -2.17. The molecule has 0 bridgehead atoms. The largest absolute Gasteiger partial charge is 0.481 e. The monoisotopic (exact) mass is 381 g/mol. The number of methoxy groups -OCH3 is 1. The third-order valence-electron chi connectivity index (χ3n) is 3.11. The van der Waals surface area contributed by atoms with Gasteiger partial charge in [-0.3, -0.25) is 9.59 Å². The standard InChI is InChI=1S/C16H16BrNO5/c1-22-9-12-5-6-14(23-12)16(21)18-13(8-15(19)20)10-3-2-4-11(17)7-10/h2-7,13H,8-9H2,1H3,(H,18,21)(H,19,20). The van der Waals surface area contributed by atoms with Gasteiger partial charge in [-0.05, 0) is 29.8 Å². The van der Waals surface area contributed by atoms with E-state index in [1.807, 2.05) is 6.07 Å². The molecule has 0 saturated heterocycles. The van der Waals surface area contributed by atoms with Crippen molar-refractivity contribution in [3.05, 3.63) is 58.0 Å².